The number of non-ortho nitro benzene ring substituents is 1. The number of halogens is 2. The van der Waals surface area contributed by atoms with Gasteiger partial charge in [0.25, 0.3) is 16.8 Å². The third-order valence-corrected chi connectivity index (χ3v) is 7.42. The molecule has 0 radical (unpaired) electrons. The molecule has 12 heteroatoms. The number of amides is 3. The van der Waals surface area contributed by atoms with E-state index in [1.165, 1.54) is 30.3 Å². The van der Waals surface area contributed by atoms with Crippen molar-refractivity contribution in [1.29, 1.82) is 0 Å². The summed E-state index contributed by atoms with van der Waals surface area (Å²) in [6, 6.07) is 9.07. The summed E-state index contributed by atoms with van der Waals surface area (Å²) in [4.78, 5) is 51.4. The number of rotatable bonds is 7. The highest BCUT2D eigenvalue weighted by molar-refractivity contribution is 8.18. The molecule has 2 aromatic carbocycles. The molecule has 0 spiro atoms. The highest BCUT2D eigenvalue weighted by Crippen LogP contribution is 2.38. The van der Waals surface area contributed by atoms with Crippen molar-refractivity contribution < 1.29 is 24.0 Å². The number of likely N-dealkylation sites (tertiary alicyclic amines) is 1. The third-order valence-electron chi connectivity index (χ3n) is 5.95. The first kappa shape index (κ1) is 27.0. The van der Waals surface area contributed by atoms with Gasteiger partial charge in [-0.25, -0.2) is 0 Å². The number of nitro benzene ring substituents is 1. The molecule has 4 rings (SSSR count). The first-order chi connectivity index (χ1) is 17.7. The molecule has 2 heterocycles. The van der Waals surface area contributed by atoms with Gasteiger partial charge in [0.1, 0.15) is 13.2 Å². The molecule has 0 aliphatic carbocycles. The van der Waals surface area contributed by atoms with Crippen molar-refractivity contribution in [2.24, 2.45) is 0 Å². The molecular weight excluding hydrogens is 541 g/mol. The molecule has 2 saturated heterocycles. The van der Waals surface area contributed by atoms with Crippen molar-refractivity contribution in [3.8, 4) is 5.75 Å². The molecule has 0 aromatic heterocycles. The zero-order valence-electron chi connectivity index (χ0n) is 19.7. The Morgan fingerprint density at radius 2 is 1.76 bits per heavy atom. The smallest absolute Gasteiger partial charge is 0.294 e. The summed E-state index contributed by atoms with van der Waals surface area (Å²) >= 11 is 13.5. The van der Waals surface area contributed by atoms with Crippen molar-refractivity contribution in [3.05, 3.63) is 72.6 Å². The Balaban J connectivity index is 1.44. The van der Waals surface area contributed by atoms with Crippen LogP contribution in [0.2, 0.25) is 10.0 Å². The molecule has 3 amide bonds. The highest BCUT2D eigenvalue weighted by atomic mass is 35.5. The summed E-state index contributed by atoms with van der Waals surface area (Å²) in [5.74, 6) is -0.596. The molecule has 2 fully saturated rings. The largest absolute Gasteiger partial charge is 0.486 e. The molecule has 0 unspecified atom stereocenters. The molecule has 2 aliphatic heterocycles. The van der Waals surface area contributed by atoms with Crippen molar-refractivity contribution >= 4 is 63.8 Å². The van der Waals surface area contributed by atoms with Gasteiger partial charge < -0.3 is 9.64 Å². The van der Waals surface area contributed by atoms with Gasteiger partial charge in [0.05, 0.1) is 19.9 Å². The van der Waals surface area contributed by atoms with E-state index in [9.17, 15) is 24.5 Å². The first-order valence-electron chi connectivity index (χ1n) is 11.6. The lowest BCUT2D eigenvalue weighted by atomic mass is 10.2. The van der Waals surface area contributed by atoms with Crippen molar-refractivity contribution in [2.45, 2.75) is 32.3 Å². The Bertz CT molecular complexity index is 1250. The van der Waals surface area contributed by atoms with Crippen LogP contribution < -0.4 is 4.74 Å². The minimum Gasteiger partial charge on any atom is -0.486 e. The molecule has 2 aromatic rings. The number of carbonyl (C=O) groups is 3. The second kappa shape index (κ2) is 12.0. The van der Waals surface area contributed by atoms with Crippen LogP contribution in [0.5, 0.6) is 5.75 Å². The van der Waals surface area contributed by atoms with E-state index >= 15 is 0 Å². The van der Waals surface area contributed by atoms with E-state index in [0.29, 0.717) is 24.2 Å². The number of hydrogen-bond acceptors (Lipinski definition) is 7. The Labute approximate surface area is 227 Å². The summed E-state index contributed by atoms with van der Waals surface area (Å²) in [7, 11) is 0. The van der Waals surface area contributed by atoms with E-state index in [1.807, 2.05) is 0 Å². The van der Waals surface area contributed by atoms with Crippen molar-refractivity contribution in [3.63, 3.8) is 0 Å². The minimum absolute atomic E-state index is 0.00437. The van der Waals surface area contributed by atoms with Crippen LogP contribution in [0.3, 0.4) is 0 Å². The molecule has 0 bridgehead atoms. The zero-order valence-corrected chi connectivity index (χ0v) is 22.0. The Morgan fingerprint density at radius 1 is 1.08 bits per heavy atom. The molecule has 2 aliphatic rings. The Morgan fingerprint density at radius 3 is 2.41 bits per heavy atom. The van der Waals surface area contributed by atoms with Gasteiger partial charge in [-0.05, 0) is 53.9 Å². The summed E-state index contributed by atoms with van der Waals surface area (Å²) in [6.07, 6.45) is 5.46. The summed E-state index contributed by atoms with van der Waals surface area (Å²) < 4.78 is 5.70. The van der Waals surface area contributed by atoms with Gasteiger partial charge in [-0.1, -0.05) is 48.2 Å². The second-order valence-electron chi connectivity index (χ2n) is 8.59. The number of ether oxygens (including phenoxy) is 1. The topological polar surface area (TPSA) is 110 Å². The van der Waals surface area contributed by atoms with Gasteiger partial charge in [-0.3, -0.25) is 29.4 Å². The fourth-order valence-corrected chi connectivity index (χ4v) is 5.51. The third kappa shape index (κ3) is 6.63. The van der Waals surface area contributed by atoms with Crippen molar-refractivity contribution in [2.75, 3.05) is 19.6 Å². The van der Waals surface area contributed by atoms with E-state index in [-0.39, 0.29) is 45.4 Å². The van der Waals surface area contributed by atoms with E-state index in [1.54, 1.807) is 17.0 Å². The van der Waals surface area contributed by atoms with Crippen LogP contribution in [0.25, 0.3) is 6.08 Å². The van der Waals surface area contributed by atoms with Crippen LogP contribution in [-0.4, -0.2) is 51.4 Å². The van der Waals surface area contributed by atoms with E-state index < -0.39 is 16.1 Å². The monoisotopic (exact) mass is 563 g/mol. The average molecular weight is 564 g/mol. The predicted octanol–water partition coefficient (Wildman–Crippen LogP) is 5.92. The first-order valence-corrected chi connectivity index (χ1v) is 13.2. The lowest BCUT2D eigenvalue weighted by molar-refractivity contribution is -0.384. The normalized spacial score (nSPS) is 17.3. The lowest BCUT2D eigenvalue weighted by Gasteiger charge is -2.22. The summed E-state index contributed by atoms with van der Waals surface area (Å²) in [5, 5.41) is 10.8. The van der Waals surface area contributed by atoms with Crippen LogP contribution in [-0.2, 0) is 16.2 Å². The maximum absolute atomic E-state index is 12.9. The molecule has 37 heavy (non-hydrogen) atoms. The quantitative estimate of drug-likeness (QED) is 0.233. The predicted molar refractivity (Wildman–Crippen MR) is 142 cm³/mol. The number of carbonyl (C=O) groups excluding carboxylic acids is 3. The maximum atomic E-state index is 12.9. The molecule has 0 N–H and O–H groups in total. The van der Waals surface area contributed by atoms with Gasteiger partial charge in [-0.15, -0.1) is 0 Å². The van der Waals surface area contributed by atoms with Gasteiger partial charge in [0.2, 0.25) is 5.91 Å². The maximum Gasteiger partial charge on any atom is 0.294 e. The van der Waals surface area contributed by atoms with Gasteiger partial charge in [0.15, 0.2) is 5.75 Å². The standard InChI is InChI=1S/C25H23Cl2N3O6S/c26-19-11-17(12-20(27)23(19)36-15-16-6-5-7-18(10-16)30(34)35)13-21-24(32)29(25(33)37-21)14-22(31)28-8-3-1-2-4-9-28/h5-7,10-13H,1-4,8-9,14-15H2. The number of benzene rings is 2. The van der Waals surface area contributed by atoms with Gasteiger partial charge >= 0.3 is 0 Å². The summed E-state index contributed by atoms with van der Waals surface area (Å²) in [6.45, 7) is 0.993. The van der Waals surface area contributed by atoms with Crippen LogP contribution in [0, 0.1) is 10.1 Å². The number of thioether (sulfide) groups is 1. The number of imide groups is 1. The molecule has 194 valence electrons. The number of hydrogen-bond donors (Lipinski definition) is 0. The average Bonchev–Trinajstić information content (AvgIpc) is 3.04. The van der Waals surface area contributed by atoms with E-state index in [2.05, 4.69) is 0 Å². The second-order valence-corrected chi connectivity index (χ2v) is 10.4. The fourth-order valence-electron chi connectivity index (χ4n) is 4.06. The molecule has 0 atom stereocenters. The van der Waals surface area contributed by atoms with Crippen LogP contribution in [0.15, 0.2) is 41.3 Å². The van der Waals surface area contributed by atoms with E-state index in [0.717, 1.165) is 42.3 Å². The number of nitro groups is 1. The van der Waals surface area contributed by atoms with E-state index in [4.69, 9.17) is 27.9 Å². The fraction of sp³-hybridized carbons (Fsp3) is 0.320. The lowest BCUT2D eigenvalue weighted by Crippen LogP contribution is -2.42. The van der Waals surface area contributed by atoms with Crippen molar-refractivity contribution in [1.82, 2.24) is 9.80 Å². The minimum atomic E-state index is -0.545. The molecule has 9 nitrogen and oxygen atoms in total. The Kier molecular flexibility index (Phi) is 8.73. The Hall–Kier alpha value is -3.08. The van der Waals surface area contributed by atoms with Crippen LogP contribution in [0.4, 0.5) is 10.5 Å². The van der Waals surface area contributed by atoms with Gasteiger partial charge in [0, 0.05) is 25.2 Å². The van der Waals surface area contributed by atoms with Crippen LogP contribution in [0.1, 0.15) is 36.8 Å². The number of nitrogens with zero attached hydrogens (tertiary/aromatic N) is 3. The van der Waals surface area contributed by atoms with Gasteiger partial charge in [-0.2, -0.15) is 0 Å². The zero-order chi connectivity index (χ0) is 26.5. The SMILES string of the molecule is O=C(CN1C(=O)SC(=Cc2cc(Cl)c(OCc3cccc([N+](=O)[O-])c3)c(Cl)c2)C1=O)N1CCCCCC1. The molecular formula is C25H23Cl2N3O6S. The molecule has 0 saturated carbocycles. The highest BCUT2D eigenvalue weighted by Gasteiger charge is 2.37. The summed E-state index contributed by atoms with van der Waals surface area (Å²) in [5.41, 5.74) is 0.978. The van der Waals surface area contributed by atoms with Crippen LogP contribution >= 0.6 is 35.0 Å².